The van der Waals surface area contributed by atoms with Gasteiger partial charge in [-0.2, -0.15) is 0 Å². The molecular weight excluding hydrogens is 414 g/mol. The fourth-order valence-electron chi connectivity index (χ4n) is 3.71. The van der Waals surface area contributed by atoms with Crippen molar-refractivity contribution in [2.45, 2.75) is 13.8 Å². The number of benzene rings is 1. The molecule has 0 saturated carbocycles. The van der Waals surface area contributed by atoms with Crippen LogP contribution in [-0.4, -0.2) is 61.2 Å². The lowest BCUT2D eigenvalue weighted by Gasteiger charge is -2.22. The number of ketones is 2. The highest BCUT2D eigenvalue weighted by molar-refractivity contribution is 6.07. The molecule has 1 aliphatic carbocycles. The molecule has 0 bridgehead atoms. The first-order valence-electron chi connectivity index (χ1n) is 10.4. The third-order valence-electron chi connectivity index (χ3n) is 5.18. The molecule has 1 heterocycles. The van der Waals surface area contributed by atoms with E-state index >= 15 is 0 Å². The van der Waals surface area contributed by atoms with Crippen molar-refractivity contribution in [1.29, 1.82) is 5.41 Å². The highest BCUT2D eigenvalue weighted by atomic mass is 16.6. The smallest absolute Gasteiger partial charge is 0.344 e. The molecule has 1 aliphatic heterocycles. The Bertz CT molecular complexity index is 984. The highest BCUT2D eigenvalue weighted by Crippen LogP contribution is 2.32. The van der Waals surface area contributed by atoms with E-state index in [0.29, 0.717) is 30.2 Å². The second-order valence-electron chi connectivity index (χ2n) is 7.41. The average molecular weight is 441 g/mol. The van der Waals surface area contributed by atoms with Crippen LogP contribution in [0.25, 0.3) is 0 Å². The Morgan fingerprint density at radius 2 is 2.00 bits per heavy atom. The normalized spacial score (nSPS) is 19.2. The number of hydrogen-bond donors (Lipinski definition) is 2. The summed E-state index contributed by atoms with van der Waals surface area (Å²) in [4.78, 5) is 38.9. The summed E-state index contributed by atoms with van der Waals surface area (Å²) in [5, 5.41) is 7.57. The van der Waals surface area contributed by atoms with Crippen LogP contribution >= 0.6 is 0 Å². The van der Waals surface area contributed by atoms with Gasteiger partial charge in [0.25, 0.3) is 0 Å². The zero-order chi connectivity index (χ0) is 23.3. The van der Waals surface area contributed by atoms with E-state index in [1.807, 2.05) is 0 Å². The van der Waals surface area contributed by atoms with Crippen LogP contribution in [0.5, 0.6) is 11.5 Å². The summed E-state index contributed by atoms with van der Waals surface area (Å²) >= 11 is 0. The van der Waals surface area contributed by atoms with E-state index in [1.165, 1.54) is 0 Å². The third-order valence-corrected chi connectivity index (χ3v) is 5.18. The number of nitrogens with one attached hydrogen (secondary N) is 1. The standard InChI is InChI=1S/C23H27N3O6/c1-3-30-20-9-15(32-13-21(28)31-4-2)6-8-16(20)19(27)12-26-10-14-5-7-17(23(24)25)22(29)18(14)11-26/h5-10,17-18H,3-4,11-13H2,1-2H3,(H3,24,25). The number of nitrogens with zero attached hydrogens (tertiary/aromatic N) is 1. The number of nitrogens with two attached hydrogens (primary N) is 1. The third kappa shape index (κ3) is 5.16. The van der Waals surface area contributed by atoms with Crippen LogP contribution in [0.1, 0.15) is 24.2 Å². The number of fused-ring (bicyclic) bond motifs is 1. The number of allylic oxidation sites excluding steroid dienone is 1. The summed E-state index contributed by atoms with van der Waals surface area (Å²) in [6, 6.07) is 4.77. The molecule has 9 nitrogen and oxygen atoms in total. The summed E-state index contributed by atoms with van der Waals surface area (Å²) in [5.74, 6) is -1.32. The van der Waals surface area contributed by atoms with Crippen molar-refractivity contribution in [2.24, 2.45) is 17.6 Å². The highest BCUT2D eigenvalue weighted by Gasteiger charge is 2.37. The van der Waals surface area contributed by atoms with Crippen LogP contribution in [0.4, 0.5) is 0 Å². The number of ether oxygens (including phenoxy) is 3. The summed E-state index contributed by atoms with van der Waals surface area (Å²) in [6.07, 6.45) is 5.22. The minimum atomic E-state index is -0.709. The predicted molar refractivity (Wildman–Crippen MR) is 117 cm³/mol. The maximum atomic E-state index is 13.0. The van der Waals surface area contributed by atoms with E-state index in [0.717, 1.165) is 5.57 Å². The molecule has 3 N–H and O–H groups in total. The fraction of sp³-hybridized carbons (Fsp3) is 0.391. The zero-order valence-corrected chi connectivity index (χ0v) is 18.1. The van der Waals surface area contributed by atoms with Crippen LogP contribution < -0.4 is 15.2 Å². The first-order valence-corrected chi connectivity index (χ1v) is 10.4. The van der Waals surface area contributed by atoms with Crippen molar-refractivity contribution in [3.05, 3.63) is 47.7 Å². The molecule has 0 amide bonds. The summed E-state index contributed by atoms with van der Waals surface area (Å²) in [5.41, 5.74) is 6.71. The predicted octanol–water partition coefficient (Wildman–Crippen LogP) is 1.72. The zero-order valence-electron chi connectivity index (χ0n) is 18.1. The van der Waals surface area contributed by atoms with Crippen LogP contribution in [0, 0.1) is 17.2 Å². The van der Waals surface area contributed by atoms with Gasteiger partial charge in [-0.3, -0.25) is 15.0 Å². The van der Waals surface area contributed by atoms with E-state index in [-0.39, 0.29) is 37.2 Å². The van der Waals surface area contributed by atoms with Gasteiger partial charge >= 0.3 is 5.97 Å². The Morgan fingerprint density at radius 1 is 1.22 bits per heavy atom. The quantitative estimate of drug-likeness (QED) is 0.243. The molecule has 0 fully saturated rings. The Morgan fingerprint density at radius 3 is 2.69 bits per heavy atom. The van der Waals surface area contributed by atoms with Crippen molar-refractivity contribution in [1.82, 2.24) is 4.90 Å². The molecule has 2 unspecified atom stereocenters. The molecule has 1 aromatic rings. The van der Waals surface area contributed by atoms with Gasteiger partial charge in [0, 0.05) is 18.8 Å². The molecule has 2 aliphatic rings. The SMILES string of the molecule is CCOC(=O)COc1ccc(C(=O)CN2C=C3C=CC(C(=N)N)C(=O)C3C2)c(OCC)c1. The van der Waals surface area contributed by atoms with Gasteiger partial charge in [-0.25, -0.2) is 4.79 Å². The number of esters is 1. The van der Waals surface area contributed by atoms with Gasteiger partial charge in [0.2, 0.25) is 0 Å². The van der Waals surface area contributed by atoms with Crippen LogP contribution in [0.2, 0.25) is 0 Å². The number of carbonyl (C=O) groups is 3. The molecule has 0 saturated heterocycles. The molecule has 0 radical (unpaired) electrons. The minimum Gasteiger partial charge on any atom is -0.493 e. The Kier molecular flexibility index (Phi) is 7.29. The molecular formula is C23H27N3O6. The van der Waals surface area contributed by atoms with Gasteiger partial charge in [0.1, 0.15) is 17.3 Å². The number of amidine groups is 1. The van der Waals surface area contributed by atoms with Crippen molar-refractivity contribution in [3.8, 4) is 11.5 Å². The monoisotopic (exact) mass is 441 g/mol. The van der Waals surface area contributed by atoms with Gasteiger partial charge < -0.3 is 24.8 Å². The maximum Gasteiger partial charge on any atom is 0.344 e. The molecule has 0 spiro atoms. The van der Waals surface area contributed by atoms with E-state index in [1.54, 1.807) is 55.3 Å². The van der Waals surface area contributed by atoms with Crippen molar-refractivity contribution in [2.75, 3.05) is 32.9 Å². The Hall–Kier alpha value is -3.62. The maximum absolute atomic E-state index is 13.0. The van der Waals surface area contributed by atoms with Crippen molar-refractivity contribution in [3.63, 3.8) is 0 Å². The molecule has 0 aromatic heterocycles. The fourth-order valence-corrected chi connectivity index (χ4v) is 3.71. The summed E-state index contributed by atoms with van der Waals surface area (Å²) < 4.78 is 15.9. The number of hydrogen-bond acceptors (Lipinski definition) is 8. The summed E-state index contributed by atoms with van der Waals surface area (Å²) in [6.45, 7) is 4.32. The number of Topliss-reactive ketones (excluding diaryl/α,β-unsaturated/α-hetero) is 2. The van der Waals surface area contributed by atoms with Gasteiger partial charge in [0.15, 0.2) is 18.2 Å². The van der Waals surface area contributed by atoms with E-state index in [9.17, 15) is 14.4 Å². The molecule has 170 valence electrons. The lowest BCUT2D eigenvalue weighted by Crippen LogP contribution is -2.37. The largest absolute Gasteiger partial charge is 0.493 e. The molecule has 2 atom stereocenters. The average Bonchev–Trinajstić information content (AvgIpc) is 3.16. The number of carbonyl (C=O) groups excluding carboxylic acids is 3. The minimum absolute atomic E-state index is 0.0644. The van der Waals surface area contributed by atoms with Crippen molar-refractivity contribution < 1.29 is 28.6 Å². The van der Waals surface area contributed by atoms with E-state index < -0.39 is 17.8 Å². The lowest BCUT2D eigenvalue weighted by atomic mass is 9.83. The Labute approximate surface area is 186 Å². The molecule has 1 aromatic carbocycles. The van der Waals surface area contributed by atoms with E-state index in [2.05, 4.69) is 0 Å². The molecule has 9 heteroatoms. The first-order chi connectivity index (χ1) is 15.3. The van der Waals surface area contributed by atoms with Crippen molar-refractivity contribution >= 4 is 23.4 Å². The molecule has 3 rings (SSSR count). The van der Waals surface area contributed by atoms with Gasteiger partial charge in [0.05, 0.1) is 37.2 Å². The lowest BCUT2D eigenvalue weighted by molar-refractivity contribution is -0.145. The molecule has 32 heavy (non-hydrogen) atoms. The van der Waals surface area contributed by atoms with Crippen LogP contribution in [-0.2, 0) is 14.3 Å². The second kappa shape index (κ2) is 10.1. The summed E-state index contributed by atoms with van der Waals surface area (Å²) in [7, 11) is 0. The number of rotatable bonds is 10. The van der Waals surface area contributed by atoms with Crippen LogP contribution in [0.15, 0.2) is 42.1 Å². The van der Waals surface area contributed by atoms with Gasteiger partial charge in [-0.1, -0.05) is 12.2 Å². The van der Waals surface area contributed by atoms with Gasteiger partial charge in [-0.15, -0.1) is 0 Å². The topological polar surface area (TPSA) is 132 Å². The van der Waals surface area contributed by atoms with Gasteiger partial charge in [-0.05, 0) is 31.6 Å². The first kappa shape index (κ1) is 23.1. The Balaban J connectivity index is 1.68. The van der Waals surface area contributed by atoms with Crippen LogP contribution in [0.3, 0.4) is 0 Å². The second-order valence-corrected chi connectivity index (χ2v) is 7.41. The van der Waals surface area contributed by atoms with E-state index in [4.69, 9.17) is 25.4 Å².